The predicted octanol–water partition coefficient (Wildman–Crippen LogP) is 3.69. The molecule has 1 amide bonds. The summed E-state index contributed by atoms with van der Waals surface area (Å²) in [5.41, 5.74) is 3.16. The first-order chi connectivity index (χ1) is 14.5. The zero-order chi connectivity index (χ0) is 20.9. The minimum Gasteiger partial charge on any atom is -0.489 e. The number of carbonyl (C=O) groups is 2. The fraction of sp³-hybridized carbons (Fsp3) is 0.440. The van der Waals surface area contributed by atoms with E-state index in [9.17, 15) is 9.59 Å². The summed E-state index contributed by atoms with van der Waals surface area (Å²) in [6, 6.07) is 16.4. The fourth-order valence-electron chi connectivity index (χ4n) is 6.16. The van der Waals surface area contributed by atoms with Gasteiger partial charge in [0, 0.05) is 18.9 Å². The minimum absolute atomic E-state index is 0.0254. The molecule has 1 saturated carbocycles. The molecule has 0 bridgehead atoms. The highest BCUT2D eigenvalue weighted by Gasteiger charge is 2.65. The van der Waals surface area contributed by atoms with Gasteiger partial charge in [0.15, 0.2) is 0 Å². The van der Waals surface area contributed by atoms with Crippen LogP contribution in [0.1, 0.15) is 36.5 Å². The Kier molecular flexibility index (Phi) is 4.57. The van der Waals surface area contributed by atoms with Gasteiger partial charge >= 0.3 is 5.97 Å². The van der Waals surface area contributed by atoms with Crippen LogP contribution < -0.4 is 4.74 Å². The lowest BCUT2D eigenvalue weighted by molar-refractivity contribution is -0.148. The molecule has 30 heavy (non-hydrogen) atoms. The molecule has 0 radical (unpaired) electrons. The lowest BCUT2D eigenvalue weighted by Crippen LogP contribution is -2.49. The Morgan fingerprint density at radius 1 is 1.20 bits per heavy atom. The van der Waals surface area contributed by atoms with Crippen molar-refractivity contribution in [2.75, 3.05) is 13.7 Å². The lowest BCUT2D eigenvalue weighted by Gasteiger charge is -2.44. The number of fused-ring (bicyclic) bond motifs is 1. The number of carbonyl (C=O) groups excluding carboxylic acids is 2. The van der Waals surface area contributed by atoms with Crippen molar-refractivity contribution in [3.05, 3.63) is 65.2 Å². The number of amides is 1. The van der Waals surface area contributed by atoms with Gasteiger partial charge < -0.3 is 14.4 Å². The molecule has 5 nitrogen and oxygen atoms in total. The molecule has 5 heteroatoms. The topological polar surface area (TPSA) is 55.8 Å². The zero-order valence-corrected chi connectivity index (χ0v) is 17.5. The molecule has 5 rings (SSSR count). The van der Waals surface area contributed by atoms with Crippen molar-refractivity contribution in [3.63, 3.8) is 0 Å². The second-order valence-electron chi connectivity index (χ2n) is 8.85. The van der Waals surface area contributed by atoms with E-state index in [1.54, 1.807) is 0 Å². The Hall–Kier alpha value is -2.82. The summed E-state index contributed by atoms with van der Waals surface area (Å²) in [6.45, 7) is 3.34. The minimum atomic E-state index is -0.388. The van der Waals surface area contributed by atoms with Gasteiger partial charge in [0.25, 0.3) is 0 Å². The maximum absolute atomic E-state index is 12.9. The third kappa shape index (κ3) is 2.75. The molecule has 4 atom stereocenters. The zero-order valence-electron chi connectivity index (χ0n) is 17.5. The van der Waals surface area contributed by atoms with Crippen molar-refractivity contribution in [1.29, 1.82) is 0 Å². The van der Waals surface area contributed by atoms with Crippen molar-refractivity contribution in [2.45, 2.75) is 38.3 Å². The number of methoxy groups -OCH3 is 1. The molecule has 0 N–H and O–H groups in total. The highest BCUT2D eigenvalue weighted by atomic mass is 16.5. The molecule has 156 valence electrons. The van der Waals surface area contributed by atoms with Gasteiger partial charge in [-0.2, -0.15) is 0 Å². The van der Waals surface area contributed by atoms with Crippen molar-refractivity contribution in [3.8, 4) is 5.75 Å². The first-order valence-corrected chi connectivity index (χ1v) is 10.7. The van der Waals surface area contributed by atoms with Crippen molar-refractivity contribution >= 4 is 11.9 Å². The van der Waals surface area contributed by atoms with Crippen LogP contribution in [0.25, 0.3) is 0 Å². The average molecular weight is 405 g/mol. The number of nitrogens with zero attached hydrogens (tertiary/aromatic N) is 1. The van der Waals surface area contributed by atoms with Crippen LogP contribution in [0.5, 0.6) is 5.75 Å². The lowest BCUT2D eigenvalue weighted by atomic mass is 9.74. The second kappa shape index (κ2) is 7.15. The van der Waals surface area contributed by atoms with E-state index < -0.39 is 0 Å². The number of esters is 1. The van der Waals surface area contributed by atoms with Gasteiger partial charge in [-0.05, 0) is 47.6 Å². The van der Waals surface area contributed by atoms with Gasteiger partial charge in [0.05, 0.1) is 18.6 Å². The van der Waals surface area contributed by atoms with Gasteiger partial charge in [0.2, 0.25) is 5.91 Å². The van der Waals surface area contributed by atoms with E-state index in [1.807, 2.05) is 29.2 Å². The van der Waals surface area contributed by atoms with E-state index in [4.69, 9.17) is 9.47 Å². The molecule has 3 aliphatic rings. The first kappa shape index (κ1) is 19.2. The van der Waals surface area contributed by atoms with E-state index in [0.717, 1.165) is 24.2 Å². The number of rotatable bonds is 4. The van der Waals surface area contributed by atoms with Gasteiger partial charge in [-0.3, -0.25) is 9.59 Å². The van der Waals surface area contributed by atoms with Crippen LogP contribution >= 0.6 is 0 Å². The second-order valence-corrected chi connectivity index (χ2v) is 8.85. The van der Waals surface area contributed by atoms with Crippen molar-refractivity contribution in [2.24, 2.45) is 17.8 Å². The highest BCUT2D eigenvalue weighted by molar-refractivity contribution is 5.85. The molecule has 2 heterocycles. The van der Waals surface area contributed by atoms with Crippen LogP contribution in [-0.2, 0) is 32.9 Å². The van der Waals surface area contributed by atoms with Crippen LogP contribution in [0, 0.1) is 17.8 Å². The van der Waals surface area contributed by atoms with Gasteiger partial charge in [0.1, 0.15) is 12.4 Å². The van der Waals surface area contributed by atoms with E-state index >= 15 is 0 Å². The molecule has 2 aromatic carbocycles. The quantitative estimate of drug-likeness (QED) is 0.728. The number of benzene rings is 2. The Morgan fingerprint density at radius 2 is 2.00 bits per heavy atom. The molecule has 2 fully saturated rings. The maximum atomic E-state index is 12.9. The summed E-state index contributed by atoms with van der Waals surface area (Å²) in [5.74, 6) is 0.744. The van der Waals surface area contributed by atoms with E-state index in [-0.39, 0.29) is 35.2 Å². The van der Waals surface area contributed by atoms with Gasteiger partial charge in [-0.1, -0.05) is 43.3 Å². The molecule has 2 aromatic rings. The number of hydrogen-bond acceptors (Lipinski definition) is 4. The molecule has 1 aliphatic carbocycles. The molecule has 1 spiro atoms. The van der Waals surface area contributed by atoms with Crippen LogP contribution in [-0.4, -0.2) is 30.4 Å². The summed E-state index contributed by atoms with van der Waals surface area (Å²) in [4.78, 5) is 27.5. The summed E-state index contributed by atoms with van der Waals surface area (Å²) in [5, 5.41) is 0. The van der Waals surface area contributed by atoms with Crippen LogP contribution in [0.4, 0.5) is 0 Å². The summed E-state index contributed by atoms with van der Waals surface area (Å²) < 4.78 is 11.2. The summed E-state index contributed by atoms with van der Waals surface area (Å²) >= 11 is 0. The average Bonchev–Trinajstić information content (AvgIpc) is 3.19. The predicted molar refractivity (Wildman–Crippen MR) is 112 cm³/mol. The Morgan fingerprint density at radius 3 is 2.77 bits per heavy atom. The van der Waals surface area contributed by atoms with E-state index in [1.165, 1.54) is 18.2 Å². The van der Waals surface area contributed by atoms with Crippen LogP contribution in [0.2, 0.25) is 0 Å². The van der Waals surface area contributed by atoms with Gasteiger partial charge in [-0.25, -0.2) is 0 Å². The standard InChI is InChI=1S/C25H27NO4/c1-16-14-25-20-9-8-19(30-15-17-6-4-3-5-7-17)12-18(20)10-11-26(25)22(27)13-21(25)23(16)24(28)29-2/h3-9,12,16,21,23H,10-11,13-15H2,1-2H3/t16-,21-,23+,25-/m0/s1. The van der Waals surface area contributed by atoms with Crippen LogP contribution in [0.3, 0.4) is 0 Å². The van der Waals surface area contributed by atoms with Crippen molar-refractivity contribution in [1.82, 2.24) is 4.90 Å². The van der Waals surface area contributed by atoms with E-state index in [0.29, 0.717) is 19.6 Å². The SMILES string of the molecule is COC(=O)[C@@H]1[C@@H](C)C[C@@]23c4ccc(OCc5ccccc5)cc4CCN2C(=O)C[C@@H]13. The monoisotopic (exact) mass is 405 g/mol. The molecule has 2 aliphatic heterocycles. The molecule has 1 saturated heterocycles. The van der Waals surface area contributed by atoms with Gasteiger partial charge in [-0.15, -0.1) is 0 Å². The molecule has 0 aromatic heterocycles. The largest absolute Gasteiger partial charge is 0.489 e. The Balaban J connectivity index is 1.48. The summed E-state index contributed by atoms with van der Waals surface area (Å²) in [6.07, 6.45) is 2.05. The smallest absolute Gasteiger partial charge is 0.309 e. The number of hydrogen-bond donors (Lipinski definition) is 0. The van der Waals surface area contributed by atoms with Crippen molar-refractivity contribution < 1.29 is 19.1 Å². The fourth-order valence-corrected chi connectivity index (χ4v) is 6.16. The normalized spacial score (nSPS) is 29.2. The molecule has 0 unspecified atom stereocenters. The third-order valence-corrected chi connectivity index (χ3v) is 7.34. The van der Waals surface area contributed by atoms with E-state index in [2.05, 4.69) is 31.2 Å². The molecular formula is C25H27NO4. The maximum Gasteiger partial charge on any atom is 0.309 e. The highest BCUT2D eigenvalue weighted by Crippen LogP contribution is 2.61. The van der Waals surface area contributed by atoms with Crippen LogP contribution in [0.15, 0.2) is 48.5 Å². The summed E-state index contributed by atoms with van der Waals surface area (Å²) in [7, 11) is 1.44. The molecular weight excluding hydrogens is 378 g/mol. The first-order valence-electron chi connectivity index (χ1n) is 10.7. The number of ether oxygens (including phenoxy) is 2. The Bertz CT molecular complexity index is 988. The third-order valence-electron chi connectivity index (χ3n) is 7.34. The Labute approximate surface area is 177 Å².